The van der Waals surface area contributed by atoms with Gasteiger partial charge in [-0.05, 0) is 80.5 Å². The van der Waals surface area contributed by atoms with Crippen LogP contribution in [0.15, 0.2) is 72.8 Å². The van der Waals surface area contributed by atoms with E-state index in [1.807, 2.05) is 55.6 Å². The molecule has 1 saturated heterocycles. The molecule has 0 radical (unpaired) electrons. The smallest absolute Gasteiger partial charge is 0.258 e. The molecule has 31 heavy (non-hydrogen) atoms. The highest BCUT2D eigenvalue weighted by atomic mass is 16.2. The number of amides is 1. The van der Waals surface area contributed by atoms with Crippen LogP contribution in [0.5, 0.6) is 0 Å². The van der Waals surface area contributed by atoms with E-state index >= 15 is 0 Å². The minimum Gasteiger partial charge on any atom is -0.370 e. The van der Waals surface area contributed by atoms with Gasteiger partial charge in [0.25, 0.3) is 5.91 Å². The molecule has 0 aromatic heterocycles. The van der Waals surface area contributed by atoms with Gasteiger partial charge in [-0.1, -0.05) is 36.4 Å². The first-order chi connectivity index (χ1) is 14.9. The topological polar surface area (TPSA) is 26.8 Å². The molecule has 1 atom stereocenters. The van der Waals surface area contributed by atoms with E-state index in [0.29, 0.717) is 11.6 Å². The molecule has 3 aromatic rings. The number of rotatable bonds is 5. The molecule has 3 aromatic carbocycles. The predicted octanol–water partition coefficient (Wildman–Crippen LogP) is 5.08. The van der Waals surface area contributed by atoms with E-state index in [-0.39, 0.29) is 5.91 Å². The van der Waals surface area contributed by atoms with Crippen molar-refractivity contribution in [2.75, 3.05) is 44.0 Å². The Bertz CT molecular complexity index is 1040. The Kier molecular flexibility index (Phi) is 6.10. The first kappa shape index (κ1) is 21.1. The van der Waals surface area contributed by atoms with Crippen LogP contribution in [-0.4, -0.2) is 51.1 Å². The Morgan fingerprint density at radius 2 is 1.58 bits per heavy atom. The second kappa shape index (κ2) is 8.94. The molecule has 1 fully saturated rings. The van der Waals surface area contributed by atoms with Gasteiger partial charge in [0.1, 0.15) is 0 Å². The fraction of sp³-hybridized carbons (Fsp3) is 0.296. The number of likely N-dealkylation sites (N-methyl/N-ethyl adjacent to an activating group) is 1. The number of benzene rings is 3. The molecular weight excluding hydrogens is 382 g/mol. The van der Waals surface area contributed by atoms with Gasteiger partial charge in [-0.3, -0.25) is 4.79 Å². The van der Waals surface area contributed by atoms with Gasteiger partial charge in [-0.15, -0.1) is 0 Å². The number of aryl methyl sites for hydroxylation is 1. The maximum Gasteiger partial charge on any atom is 0.258 e. The average Bonchev–Trinajstić information content (AvgIpc) is 3.29. The van der Waals surface area contributed by atoms with Crippen LogP contribution in [0.4, 0.5) is 11.4 Å². The lowest BCUT2D eigenvalue weighted by atomic mass is 9.99. The van der Waals surface area contributed by atoms with Crippen LogP contribution >= 0.6 is 0 Å². The van der Waals surface area contributed by atoms with Crippen molar-refractivity contribution >= 4 is 17.3 Å². The minimum atomic E-state index is -0.00192. The van der Waals surface area contributed by atoms with Crippen molar-refractivity contribution in [3.8, 4) is 11.1 Å². The van der Waals surface area contributed by atoms with Gasteiger partial charge < -0.3 is 14.7 Å². The van der Waals surface area contributed by atoms with Gasteiger partial charge in [0.05, 0.1) is 0 Å². The lowest BCUT2D eigenvalue weighted by molar-refractivity contribution is 0.0993. The van der Waals surface area contributed by atoms with E-state index < -0.39 is 0 Å². The molecule has 4 heteroatoms. The van der Waals surface area contributed by atoms with E-state index in [1.165, 1.54) is 23.2 Å². The number of hydrogen-bond acceptors (Lipinski definition) is 3. The lowest BCUT2D eigenvalue weighted by Gasteiger charge is -2.23. The van der Waals surface area contributed by atoms with E-state index in [4.69, 9.17) is 0 Å². The van der Waals surface area contributed by atoms with Crippen LogP contribution in [0.1, 0.15) is 22.3 Å². The standard InChI is InChI=1S/C27H31N3O/c1-20-7-5-6-8-26(20)21-9-11-22(12-10-21)27(31)29(4)23-13-15-24(16-14-23)30-18-17-25(19-30)28(2)3/h5-16,25H,17-19H2,1-4H3. The molecule has 0 saturated carbocycles. The molecule has 160 valence electrons. The summed E-state index contributed by atoms with van der Waals surface area (Å²) in [6.07, 6.45) is 1.19. The normalized spacial score (nSPS) is 16.0. The van der Waals surface area contributed by atoms with Crippen LogP contribution in [0.25, 0.3) is 11.1 Å². The molecule has 1 aliphatic heterocycles. The van der Waals surface area contributed by atoms with E-state index in [1.54, 1.807) is 4.90 Å². The molecule has 4 nitrogen and oxygen atoms in total. The molecule has 0 aliphatic carbocycles. The quantitative estimate of drug-likeness (QED) is 0.584. The third-order valence-electron chi connectivity index (χ3n) is 6.39. The van der Waals surface area contributed by atoms with Gasteiger partial charge >= 0.3 is 0 Å². The zero-order valence-electron chi connectivity index (χ0n) is 18.9. The molecule has 1 unspecified atom stereocenters. The van der Waals surface area contributed by atoms with Crippen LogP contribution in [-0.2, 0) is 0 Å². The van der Waals surface area contributed by atoms with Crippen molar-refractivity contribution < 1.29 is 4.79 Å². The van der Waals surface area contributed by atoms with Gasteiger partial charge in [0.2, 0.25) is 0 Å². The largest absolute Gasteiger partial charge is 0.370 e. The monoisotopic (exact) mass is 413 g/mol. The van der Waals surface area contributed by atoms with Crippen LogP contribution in [0.2, 0.25) is 0 Å². The zero-order chi connectivity index (χ0) is 22.0. The first-order valence-electron chi connectivity index (χ1n) is 10.9. The summed E-state index contributed by atoms with van der Waals surface area (Å²) < 4.78 is 0. The molecule has 0 spiro atoms. The number of anilines is 2. The van der Waals surface area contributed by atoms with Crippen molar-refractivity contribution in [2.45, 2.75) is 19.4 Å². The highest BCUT2D eigenvalue weighted by Gasteiger charge is 2.24. The molecule has 4 rings (SSSR count). The van der Waals surface area contributed by atoms with Crippen molar-refractivity contribution in [3.05, 3.63) is 83.9 Å². The Morgan fingerprint density at radius 3 is 2.19 bits per heavy atom. The fourth-order valence-corrected chi connectivity index (χ4v) is 4.28. The van der Waals surface area contributed by atoms with E-state index in [9.17, 15) is 4.79 Å². The third-order valence-corrected chi connectivity index (χ3v) is 6.39. The summed E-state index contributed by atoms with van der Waals surface area (Å²) in [4.78, 5) is 19.5. The van der Waals surface area contributed by atoms with Gasteiger partial charge in [-0.25, -0.2) is 0 Å². The summed E-state index contributed by atoms with van der Waals surface area (Å²) >= 11 is 0. The maximum absolute atomic E-state index is 13.0. The average molecular weight is 414 g/mol. The Morgan fingerprint density at radius 1 is 0.903 bits per heavy atom. The lowest BCUT2D eigenvalue weighted by Crippen LogP contribution is -2.31. The minimum absolute atomic E-state index is 0.00192. The van der Waals surface area contributed by atoms with Gasteiger partial charge in [0.15, 0.2) is 0 Å². The first-order valence-corrected chi connectivity index (χ1v) is 10.9. The van der Waals surface area contributed by atoms with Gasteiger partial charge in [0, 0.05) is 43.1 Å². The maximum atomic E-state index is 13.0. The Hall–Kier alpha value is -3.11. The summed E-state index contributed by atoms with van der Waals surface area (Å²) in [7, 11) is 6.13. The highest BCUT2D eigenvalue weighted by Crippen LogP contribution is 2.27. The summed E-state index contributed by atoms with van der Waals surface area (Å²) in [5, 5.41) is 0. The highest BCUT2D eigenvalue weighted by molar-refractivity contribution is 6.06. The van der Waals surface area contributed by atoms with Crippen LogP contribution in [0.3, 0.4) is 0 Å². The van der Waals surface area contributed by atoms with Crippen molar-refractivity contribution in [2.24, 2.45) is 0 Å². The molecule has 1 heterocycles. The molecule has 1 aliphatic rings. The zero-order valence-corrected chi connectivity index (χ0v) is 18.9. The third kappa shape index (κ3) is 4.49. The second-order valence-corrected chi connectivity index (χ2v) is 8.62. The number of hydrogen-bond donors (Lipinski definition) is 0. The fourth-order valence-electron chi connectivity index (χ4n) is 4.28. The Balaban J connectivity index is 1.45. The molecular formula is C27H31N3O. The van der Waals surface area contributed by atoms with Crippen molar-refractivity contribution in [1.82, 2.24) is 4.90 Å². The van der Waals surface area contributed by atoms with E-state index in [2.05, 4.69) is 55.1 Å². The SMILES string of the molecule is Cc1ccccc1-c1ccc(C(=O)N(C)c2ccc(N3CCC(N(C)C)C3)cc2)cc1. The molecule has 0 N–H and O–H groups in total. The number of carbonyl (C=O) groups excluding carboxylic acids is 1. The van der Waals surface area contributed by atoms with Crippen molar-refractivity contribution in [3.63, 3.8) is 0 Å². The van der Waals surface area contributed by atoms with Crippen molar-refractivity contribution in [1.29, 1.82) is 0 Å². The molecule has 1 amide bonds. The van der Waals surface area contributed by atoms with Crippen LogP contribution < -0.4 is 9.80 Å². The van der Waals surface area contributed by atoms with E-state index in [0.717, 1.165) is 24.3 Å². The number of nitrogens with zero attached hydrogens (tertiary/aromatic N) is 3. The Labute approximate surface area is 185 Å². The second-order valence-electron chi connectivity index (χ2n) is 8.62. The molecule has 0 bridgehead atoms. The summed E-state index contributed by atoms with van der Waals surface area (Å²) in [6, 6.07) is 25.1. The summed E-state index contributed by atoms with van der Waals surface area (Å²) in [5.74, 6) is -0.00192. The van der Waals surface area contributed by atoms with Gasteiger partial charge in [-0.2, -0.15) is 0 Å². The number of carbonyl (C=O) groups is 1. The predicted molar refractivity (Wildman–Crippen MR) is 130 cm³/mol. The summed E-state index contributed by atoms with van der Waals surface area (Å²) in [5.41, 5.74) is 6.37. The van der Waals surface area contributed by atoms with Crippen LogP contribution in [0, 0.1) is 6.92 Å². The summed E-state index contributed by atoms with van der Waals surface area (Å²) in [6.45, 7) is 4.23.